The predicted octanol–water partition coefficient (Wildman–Crippen LogP) is 1.46. The van der Waals surface area contributed by atoms with Gasteiger partial charge in [-0.05, 0) is 5.56 Å². The Morgan fingerprint density at radius 2 is 1.67 bits per heavy atom. The number of nitrogens with one attached hydrogen (secondary N) is 1. The summed E-state index contributed by atoms with van der Waals surface area (Å²) in [5.74, 6) is -0.333. The van der Waals surface area contributed by atoms with Gasteiger partial charge in [0, 0.05) is 4.43 Å². The van der Waals surface area contributed by atoms with Gasteiger partial charge >= 0.3 is 0 Å². The third kappa shape index (κ3) is 7.33. The molecule has 1 rings (SSSR count). The second-order valence-electron chi connectivity index (χ2n) is 2.07. The van der Waals surface area contributed by atoms with Crippen LogP contribution in [0.4, 0.5) is 0 Å². The summed E-state index contributed by atoms with van der Waals surface area (Å²) in [5, 5.41) is 6.06. The van der Waals surface area contributed by atoms with E-state index in [9.17, 15) is 0 Å². The van der Waals surface area contributed by atoms with E-state index in [0.29, 0.717) is 0 Å². The molecule has 0 spiro atoms. The van der Waals surface area contributed by atoms with Crippen LogP contribution in [-0.4, -0.2) is 5.96 Å². The Kier molecular flexibility index (Phi) is 6.45. The molecule has 0 bridgehead atoms. The highest BCUT2D eigenvalue weighted by molar-refractivity contribution is 14.1. The third-order valence-corrected chi connectivity index (χ3v) is 1.88. The molecule has 0 radical (unpaired) electrons. The number of hydrogen-bond acceptors (Lipinski definition) is 1. The second-order valence-corrected chi connectivity index (χ2v) is 2.84. The highest BCUT2D eigenvalue weighted by atomic mass is 127. The molecule has 0 aliphatic carbocycles. The van der Waals surface area contributed by atoms with Gasteiger partial charge in [0.15, 0.2) is 5.96 Å². The topological polar surface area (TPSA) is 75.9 Å². The van der Waals surface area contributed by atoms with Crippen molar-refractivity contribution in [1.29, 1.82) is 5.41 Å². The lowest BCUT2D eigenvalue weighted by molar-refractivity contribution is 1.39. The SMILES string of the molecule is ICc1ccccc1.N=C(N)N. The second kappa shape index (κ2) is 6.90. The summed E-state index contributed by atoms with van der Waals surface area (Å²) >= 11 is 2.35. The van der Waals surface area contributed by atoms with Crippen LogP contribution in [0.2, 0.25) is 0 Å². The summed E-state index contributed by atoms with van der Waals surface area (Å²) in [4.78, 5) is 0. The summed E-state index contributed by atoms with van der Waals surface area (Å²) in [6, 6.07) is 10.4. The van der Waals surface area contributed by atoms with Crippen molar-refractivity contribution in [3.63, 3.8) is 0 Å². The van der Waals surface area contributed by atoms with Crippen LogP contribution in [-0.2, 0) is 4.43 Å². The molecule has 5 N–H and O–H groups in total. The summed E-state index contributed by atoms with van der Waals surface area (Å²) in [5.41, 5.74) is 10.3. The molecule has 0 saturated heterocycles. The average molecular weight is 277 g/mol. The Labute approximate surface area is 85.8 Å². The van der Waals surface area contributed by atoms with Crippen molar-refractivity contribution in [3.8, 4) is 0 Å². The van der Waals surface area contributed by atoms with Crippen molar-refractivity contribution in [2.24, 2.45) is 11.5 Å². The summed E-state index contributed by atoms with van der Waals surface area (Å²) < 4.78 is 1.11. The molecule has 0 atom stereocenters. The number of nitrogens with two attached hydrogens (primary N) is 2. The van der Waals surface area contributed by atoms with E-state index in [1.54, 1.807) is 0 Å². The van der Waals surface area contributed by atoms with E-state index in [2.05, 4.69) is 58.3 Å². The normalized spacial score (nSPS) is 8.08. The molecule has 0 aliphatic rings. The lowest BCUT2D eigenvalue weighted by Gasteiger charge is -1.88. The van der Waals surface area contributed by atoms with Crippen LogP contribution in [0.1, 0.15) is 5.56 Å². The quantitative estimate of drug-likeness (QED) is 0.314. The Morgan fingerprint density at radius 3 is 1.92 bits per heavy atom. The molecule has 0 aliphatic heterocycles. The molecule has 0 heterocycles. The van der Waals surface area contributed by atoms with E-state index in [4.69, 9.17) is 5.41 Å². The van der Waals surface area contributed by atoms with Gasteiger partial charge < -0.3 is 11.5 Å². The van der Waals surface area contributed by atoms with Gasteiger partial charge in [-0.15, -0.1) is 0 Å². The Morgan fingerprint density at radius 1 is 1.25 bits per heavy atom. The highest BCUT2D eigenvalue weighted by Gasteiger charge is 1.81. The van der Waals surface area contributed by atoms with Gasteiger partial charge in [-0.1, -0.05) is 52.9 Å². The van der Waals surface area contributed by atoms with Crippen molar-refractivity contribution in [1.82, 2.24) is 0 Å². The van der Waals surface area contributed by atoms with Crippen LogP contribution in [0.25, 0.3) is 0 Å². The molecule has 66 valence electrons. The molecule has 1 aromatic carbocycles. The molecule has 3 nitrogen and oxygen atoms in total. The van der Waals surface area contributed by atoms with Crippen molar-refractivity contribution in [2.45, 2.75) is 4.43 Å². The van der Waals surface area contributed by atoms with Crippen LogP contribution >= 0.6 is 22.6 Å². The first-order chi connectivity index (χ1) is 5.66. The van der Waals surface area contributed by atoms with E-state index in [-0.39, 0.29) is 5.96 Å². The number of halogens is 1. The zero-order valence-corrected chi connectivity index (χ0v) is 8.78. The Balaban J connectivity index is 0.000000261. The van der Waals surface area contributed by atoms with E-state index in [0.717, 1.165) is 4.43 Å². The van der Waals surface area contributed by atoms with Crippen LogP contribution in [0.15, 0.2) is 30.3 Å². The third-order valence-electron chi connectivity index (χ3n) is 0.997. The highest BCUT2D eigenvalue weighted by Crippen LogP contribution is 2.02. The molecular weight excluding hydrogens is 265 g/mol. The fourth-order valence-corrected chi connectivity index (χ4v) is 1.08. The van der Waals surface area contributed by atoms with Crippen molar-refractivity contribution in [2.75, 3.05) is 0 Å². The number of benzene rings is 1. The van der Waals surface area contributed by atoms with Gasteiger partial charge in [0.25, 0.3) is 0 Å². The van der Waals surface area contributed by atoms with Gasteiger partial charge in [0.1, 0.15) is 0 Å². The van der Waals surface area contributed by atoms with Gasteiger partial charge in [0.05, 0.1) is 0 Å². The number of alkyl halides is 1. The fraction of sp³-hybridized carbons (Fsp3) is 0.125. The van der Waals surface area contributed by atoms with E-state index in [1.165, 1.54) is 5.56 Å². The Hall–Kier alpha value is -0.780. The van der Waals surface area contributed by atoms with E-state index >= 15 is 0 Å². The number of rotatable bonds is 1. The molecule has 4 heteroatoms. The first kappa shape index (κ1) is 11.2. The van der Waals surface area contributed by atoms with Crippen molar-refractivity contribution in [3.05, 3.63) is 35.9 Å². The standard InChI is InChI=1S/C7H7I.CH5N3/c8-6-7-4-2-1-3-5-7;2-1(3)4/h1-5H,6H2;(H5,2,3,4). The van der Waals surface area contributed by atoms with E-state index in [1.807, 2.05) is 6.07 Å². The molecule has 1 aromatic rings. The summed E-state index contributed by atoms with van der Waals surface area (Å²) in [6.45, 7) is 0. The lowest BCUT2D eigenvalue weighted by Crippen LogP contribution is -2.20. The van der Waals surface area contributed by atoms with E-state index < -0.39 is 0 Å². The molecular formula is C8H12IN3. The van der Waals surface area contributed by atoms with Crippen LogP contribution in [0.5, 0.6) is 0 Å². The molecule has 12 heavy (non-hydrogen) atoms. The molecule has 0 unspecified atom stereocenters. The monoisotopic (exact) mass is 277 g/mol. The van der Waals surface area contributed by atoms with Gasteiger partial charge in [0.2, 0.25) is 0 Å². The first-order valence-electron chi connectivity index (χ1n) is 3.36. The minimum Gasteiger partial charge on any atom is -0.370 e. The predicted molar refractivity (Wildman–Crippen MR) is 60.3 cm³/mol. The average Bonchev–Trinajstić information content (AvgIpc) is 2.05. The maximum atomic E-state index is 6.06. The molecule has 0 fully saturated rings. The molecule has 0 aromatic heterocycles. The lowest BCUT2D eigenvalue weighted by atomic mass is 10.2. The first-order valence-corrected chi connectivity index (χ1v) is 4.88. The van der Waals surface area contributed by atoms with Gasteiger partial charge in [-0.25, -0.2) is 0 Å². The largest absolute Gasteiger partial charge is 0.370 e. The number of guanidine groups is 1. The van der Waals surface area contributed by atoms with Crippen LogP contribution in [0, 0.1) is 5.41 Å². The maximum absolute atomic E-state index is 6.06. The minimum absolute atomic E-state index is 0.333. The van der Waals surface area contributed by atoms with Gasteiger partial charge in [-0.3, -0.25) is 5.41 Å². The van der Waals surface area contributed by atoms with Crippen LogP contribution in [0.3, 0.4) is 0 Å². The molecule has 0 amide bonds. The minimum atomic E-state index is -0.333. The van der Waals surface area contributed by atoms with Gasteiger partial charge in [-0.2, -0.15) is 0 Å². The summed E-state index contributed by atoms with van der Waals surface area (Å²) in [7, 11) is 0. The smallest absolute Gasteiger partial charge is 0.183 e. The summed E-state index contributed by atoms with van der Waals surface area (Å²) in [6.07, 6.45) is 0. The molecule has 0 saturated carbocycles. The zero-order chi connectivity index (χ0) is 9.40. The zero-order valence-electron chi connectivity index (χ0n) is 6.63. The van der Waals surface area contributed by atoms with Crippen molar-refractivity contribution < 1.29 is 0 Å². The van der Waals surface area contributed by atoms with Crippen molar-refractivity contribution >= 4 is 28.6 Å². The number of hydrogen-bond donors (Lipinski definition) is 3. The fourth-order valence-electron chi connectivity index (χ4n) is 0.567. The Bertz CT molecular complexity index is 219. The van der Waals surface area contributed by atoms with Crippen LogP contribution < -0.4 is 11.5 Å². The maximum Gasteiger partial charge on any atom is 0.183 e.